The number of amides is 1. The molecule has 0 spiro atoms. The molecule has 8 heteroatoms. The molecule has 0 saturated carbocycles. The van der Waals surface area contributed by atoms with Crippen LogP contribution in [0.2, 0.25) is 0 Å². The number of hydrogen-bond acceptors (Lipinski definition) is 2. The highest BCUT2D eigenvalue weighted by Crippen LogP contribution is 2.30. The number of carbonyl (C=O) groups excluding carboxylic acids is 1. The predicted molar refractivity (Wildman–Crippen MR) is 65.2 cm³/mol. The Kier molecular flexibility index (Phi) is 5.28. The number of carbonyl (C=O) groups is 2. The van der Waals surface area contributed by atoms with E-state index in [4.69, 9.17) is 5.11 Å². The molecule has 21 heavy (non-hydrogen) atoms. The maximum Gasteiger partial charge on any atom is 0.416 e. The fourth-order valence-corrected chi connectivity index (χ4v) is 1.62. The predicted octanol–water partition coefficient (Wildman–Crippen LogP) is 2.70. The van der Waals surface area contributed by atoms with Gasteiger partial charge in [-0.3, -0.25) is 9.59 Å². The summed E-state index contributed by atoms with van der Waals surface area (Å²) in [6.07, 6.45) is -7.09. The Labute approximate surface area is 117 Å². The topological polar surface area (TPSA) is 66.4 Å². The van der Waals surface area contributed by atoms with Crippen molar-refractivity contribution >= 4 is 11.9 Å². The smallest absolute Gasteiger partial charge is 0.416 e. The van der Waals surface area contributed by atoms with Gasteiger partial charge in [-0.15, -0.1) is 0 Å². The lowest BCUT2D eigenvalue weighted by molar-refractivity contribution is -0.138. The lowest BCUT2D eigenvalue weighted by Gasteiger charge is -2.15. The van der Waals surface area contributed by atoms with E-state index in [1.807, 2.05) is 0 Å². The molecule has 0 aliphatic rings. The van der Waals surface area contributed by atoms with Crippen LogP contribution in [0, 0.1) is 0 Å². The van der Waals surface area contributed by atoms with E-state index >= 15 is 0 Å². The number of aliphatic carboxylic acids is 1. The molecule has 2 atom stereocenters. The van der Waals surface area contributed by atoms with E-state index in [0.29, 0.717) is 12.1 Å². The first-order valence-corrected chi connectivity index (χ1v) is 5.94. The lowest BCUT2D eigenvalue weighted by atomic mass is 10.1. The Hall–Kier alpha value is -2.12. The zero-order chi connectivity index (χ0) is 16.2. The molecule has 116 valence electrons. The van der Waals surface area contributed by atoms with Gasteiger partial charge in [0, 0.05) is 6.04 Å². The number of carboxylic acid groups (broad SMARTS) is 1. The Morgan fingerprint density at radius 1 is 1.24 bits per heavy atom. The van der Waals surface area contributed by atoms with E-state index in [-0.39, 0.29) is 12.0 Å². The first kappa shape index (κ1) is 16.9. The molecule has 0 saturated heterocycles. The zero-order valence-electron chi connectivity index (χ0n) is 10.9. The third-order valence-electron chi connectivity index (χ3n) is 2.63. The summed E-state index contributed by atoms with van der Waals surface area (Å²) < 4.78 is 50.8. The highest BCUT2D eigenvalue weighted by molar-refractivity contribution is 5.82. The second-order valence-electron chi connectivity index (χ2n) is 4.49. The first-order valence-electron chi connectivity index (χ1n) is 5.94. The van der Waals surface area contributed by atoms with Gasteiger partial charge in [-0.2, -0.15) is 13.2 Å². The number of alkyl halides is 4. The number of halogens is 4. The molecule has 0 fully saturated rings. The highest BCUT2D eigenvalue weighted by atomic mass is 19.4. The summed E-state index contributed by atoms with van der Waals surface area (Å²) in [5, 5.41) is 10.6. The second kappa shape index (κ2) is 6.55. The fraction of sp³-hybridized carbons (Fsp3) is 0.385. The van der Waals surface area contributed by atoms with Gasteiger partial charge in [-0.1, -0.05) is 12.1 Å². The molecular weight excluding hydrogens is 294 g/mol. The second-order valence-corrected chi connectivity index (χ2v) is 4.49. The van der Waals surface area contributed by atoms with E-state index in [1.165, 1.54) is 6.92 Å². The van der Waals surface area contributed by atoms with Gasteiger partial charge in [-0.05, 0) is 24.6 Å². The molecule has 0 aliphatic carbocycles. The standard InChI is InChI=1S/C13H13F4NO3/c1-7(6-10(19)20)18-12(21)11(14)8-2-4-9(5-3-8)13(15,16)17/h2-5,7,11H,6H2,1H3,(H,18,21)(H,19,20). The summed E-state index contributed by atoms with van der Waals surface area (Å²) >= 11 is 0. The molecule has 1 amide bonds. The number of hydrogen-bond donors (Lipinski definition) is 2. The molecule has 0 heterocycles. The molecule has 2 unspecified atom stereocenters. The molecule has 0 radical (unpaired) electrons. The van der Waals surface area contributed by atoms with Crippen molar-refractivity contribution in [3.05, 3.63) is 35.4 Å². The fourth-order valence-electron chi connectivity index (χ4n) is 1.62. The molecule has 0 aliphatic heterocycles. The van der Waals surface area contributed by atoms with Gasteiger partial charge in [0.2, 0.25) is 6.17 Å². The maximum absolute atomic E-state index is 13.8. The van der Waals surface area contributed by atoms with Gasteiger partial charge in [0.25, 0.3) is 5.91 Å². The number of nitrogens with one attached hydrogen (secondary N) is 1. The molecule has 0 bridgehead atoms. The minimum atomic E-state index is -4.54. The first-order chi connectivity index (χ1) is 9.61. The van der Waals surface area contributed by atoms with Crippen molar-refractivity contribution in [2.75, 3.05) is 0 Å². The monoisotopic (exact) mass is 307 g/mol. The summed E-state index contributed by atoms with van der Waals surface area (Å²) in [4.78, 5) is 21.9. The normalized spacial score (nSPS) is 14.3. The highest BCUT2D eigenvalue weighted by Gasteiger charge is 2.31. The van der Waals surface area contributed by atoms with Crippen LogP contribution in [0.1, 0.15) is 30.6 Å². The minimum Gasteiger partial charge on any atom is -0.481 e. The summed E-state index contributed by atoms with van der Waals surface area (Å²) in [6.45, 7) is 1.38. The minimum absolute atomic E-state index is 0.233. The van der Waals surface area contributed by atoms with Gasteiger partial charge >= 0.3 is 12.1 Å². The average molecular weight is 307 g/mol. The summed E-state index contributed by atoms with van der Waals surface area (Å²) in [6, 6.07) is 2.30. The van der Waals surface area contributed by atoms with Crippen LogP contribution in [0.25, 0.3) is 0 Å². The Balaban J connectivity index is 2.72. The Morgan fingerprint density at radius 3 is 2.19 bits per heavy atom. The molecule has 2 N–H and O–H groups in total. The maximum atomic E-state index is 13.8. The van der Waals surface area contributed by atoms with E-state index < -0.39 is 35.8 Å². The number of carboxylic acids is 1. The van der Waals surface area contributed by atoms with Gasteiger partial charge < -0.3 is 10.4 Å². The van der Waals surface area contributed by atoms with Crippen molar-refractivity contribution in [1.82, 2.24) is 5.32 Å². The zero-order valence-corrected chi connectivity index (χ0v) is 10.9. The molecule has 1 aromatic rings. The van der Waals surface area contributed by atoms with Crippen LogP contribution in [0.3, 0.4) is 0 Å². The van der Waals surface area contributed by atoms with E-state index in [0.717, 1.165) is 12.1 Å². The van der Waals surface area contributed by atoms with Crippen LogP contribution in [0.5, 0.6) is 0 Å². The van der Waals surface area contributed by atoms with Crippen molar-refractivity contribution < 1.29 is 32.3 Å². The molecule has 0 aromatic heterocycles. The SMILES string of the molecule is CC(CC(=O)O)NC(=O)C(F)c1ccc(C(F)(F)F)cc1. The quantitative estimate of drug-likeness (QED) is 0.822. The van der Waals surface area contributed by atoms with Crippen molar-refractivity contribution in [2.24, 2.45) is 0 Å². The van der Waals surface area contributed by atoms with Crippen LogP contribution < -0.4 is 5.32 Å². The lowest BCUT2D eigenvalue weighted by Crippen LogP contribution is -2.36. The van der Waals surface area contributed by atoms with Gasteiger partial charge in [0.15, 0.2) is 0 Å². The van der Waals surface area contributed by atoms with E-state index in [1.54, 1.807) is 0 Å². The number of rotatable bonds is 5. The van der Waals surface area contributed by atoms with E-state index in [2.05, 4.69) is 5.32 Å². The van der Waals surface area contributed by atoms with Gasteiger partial charge in [0.05, 0.1) is 12.0 Å². The van der Waals surface area contributed by atoms with Crippen molar-refractivity contribution in [3.63, 3.8) is 0 Å². The van der Waals surface area contributed by atoms with E-state index in [9.17, 15) is 27.2 Å². The van der Waals surface area contributed by atoms with Gasteiger partial charge in [0.1, 0.15) is 0 Å². The molecule has 4 nitrogen and oxygen atoms in total. The Bertz CT molecular complexity index is 513. The Morgan fingerprint density at radius 2 is 1.76 bits per heavy atom. The van der Waals surface area contributed by atoms with Crippen LogP contribution in [0.4, 0.5) is 17.6 Å². The summed E-state index contributed by atoms with van der Waals surface area (Å²) in [5.74, 6) is -2.25. The number of benzene rings is 1. The average Bonchev–Trinajstić information content (AvgIpc) is 2.35. The van der Waals surface area contributed by atoms with Crippen LogP contribution in [0.15, 0.2) is 24.3 Å². The van der Waals surface area contributed by atoms with Gasteiger partial charge in [-0.25, -0.2) is 4.39 Å². The molecule has 1 rings (SSSR count). The largest absolute Gasteiger partial charge is 0.481 e. The van der Waals surface area contributed by atoms with Crippen LogP contribution in [-0.4, -0.2) is 23.0 Å². The summed E-state index contributed by atoms with van der Waals surface area (Å²) in [7, 11) is 0. The molecular formula is C13H13F4NO3. The van der Waals surface area contributed by atoms with Crippen molar-refractivity contribution in [1.29, 1.82) is 0 Å². The molecule has 1 aromatic carbocycles. The third kappa shape index (κ3) is 5.05. The third-order valence-corrected chi connectivity index (χ3v) is 2.63. The van der Waals surface area contributed by atoms with Crippen LogP contribution in [-0.2, 0) is 15.8 Å². The van der Waals surface area contributed by atoms with Crippen molar-refractivity contribution in [2.45, 2.75) is 31.7 Å². The van der Waals surface area contributed by atoms with Crippen molar-refractivity contribution in [3.8, 4) is 0 Å². The summed E-state index contributed by atoms with van der Waals surface area (Å²) in [5.41, 5.74) is -1.18. The van der Waals surface area contributed by atoms with Crippen LogP contribution >= 0.6 is 0 Å².